The summed E-state index contributed by atoms with van der Waals surface area (Å²) in [7, 11) is 0. The summed E-state index contributed by atoms with van der Waals surface area (Å²) in [6.07, 6.45) is 0.480. The van der Waals surface area contributed by atoms with Crippen LogP contribution in [0, 0.1) is 0 Å². The fourth-order valence-corrected chi connectivity index (χ4v) is 2.86. The van der Waals surface area contributed by atoms with E-state index in [1.54, 1.807) is 12.1 Å². The summed E-state index contributed by atoms with van der Waals surface area (Å²) in [5.74, 6) is 0.557. The number of para-hydroxylation sites is 2. The third kappa shape index (κ3) is 3.93. The molecule has 0 atom stereocenters. The summed E-state index contributed by atoms with van der Waals surface area (Å²) >= 11 is 0. The highest BCUT2D eigenvalue weighted by Crippen LogP contribution is 2.13. The molecule has 4 rings (SSSR count). The fourth-order valence-electron chi connectivity index (χ4n) is 2.86. The second-order valence-corrected chi connectivity index (χ2v) is 6.11. The largest absolute Gasteiger partial charge is 0.342 e. The van der Waals surface area contributed by atoms with E-state index < -0.39 is 0 Å². The van der Waals surface area contributed by atoms with Crippen molar-refractivity contribution >= 4 is 22.7 Å². The minimum atomic E-state index is -0.242. The molecule has 2 N–H and O–H groups in total. The lowest BCUT2D eigenvalue weighted by molar-refractivity contribution is 0.0955. The number of rotatable bonds is 5. The van der Waals surface area contributed by atoms with Gasteiger partial charge in [-0.1, -0.05) is 60.7 Å². The SMILES string of the molecule is O=C(N/N=C(/Cc1nc2ccccc2[nH]1)c1ccccc1)c1ccccc1. The molecule has 27 heavy (non-hydrogen) atoms. The molecule has 4 aromatic rings. The van der Waals surface area contributed by atoms with Gasteiger partial charge in [-0.3, -0.25) is 4.79 Å². The zero-order valence-corrected chi connectivity index (χ0v) is 14.6. The second kappa shape index (κ2) is 7.66. The molecular formula is C22H18N4O. The number of amides is 1. The van der Waals surface area contributed by atoms with Crippen LogP contribution in [0.3, 0.4) is 0 Å². The van der Waals surface area contributed by atoms with E-state index in [-0.39, 0.29) is 5.91 Å². The maximum absolute atomic E-state index is 12.3. The van der Waals surface area contributed by atoms with E-state index >= 15 is 0 Å². The first-order valence-electron chi connectivity index (χ1n) is 8.70. The molecule has 0 aliphatic rings. The fraction of sp³-hybridized carbons (Fsp3) is 0.0455. The van der Waals surface area contributed by atoms with E-state index in [0.29, 0.717) is 12.0 Å². The first kappa shape index (κ1) is 16.7. The summed E-state index contributed by atoms with van der Waals surface area (Å²) < 4.78 is 0. The summed E-state index contributed by atoms with van der Waals surface area (Å²) in [5.41, 5.74) is 6.79. The minimum absolute atomic E-state index is 0.242. The van der Waals surface area contributed by atoms with Gasteiger partial charge < -0.3 is 4.98 Å². The molecule has 0 saturated heterocycles. The molecule has 0 radical (unpaired) electrons. The average Bonchev–Trinajstić information content (AvgIpc) is 3.14. The molecule has 0 saturated carbocycles. The van der Waals surface area contributed by atoms with Crippen LogP contribution in [0.4, 0.5) is 0 Å². The van der Waals surface area contributed by atoms with Crippen molar-refractivity contribution in [3.63, 3.8) is 0 Å². The van der Waals surface area contributed by atoms with Gasteiger partial charge in [0.05, 0.1) is 23.2 Å². The number of hydrazone groups is 1. The van der Waals surface area contributed by atoms with Gasteiger partial charge in [-0.15, -0.1) is 0 Å². The Morgan fingerprint density at radius 1 is 0.852 bits per heavy atom. The molecule has 1 amide bonds. The summed E-state index contributed by atoms with van der Waals surface area (Å²) in [6.45, 7) is 0. The van der Waals surface area contributed by atoms with Crippen LogP contribution in [-0.2, 0) is 6.42 Å². The van der Waals surface area contributed by atoms with Gasteiger partial charge in [-0.25, -0.2) is 10.4 Å². The summed E-state index contributed by atoms with van der Waals surface area (Å²) in [4.78, 5) is 20.3. The van der Waals surface area contributed by atoms with Crippen molar-refractivity contribution in [2.24, 2.45) is 5.10 Å². The monoisotopic (exact) mass is 354 g/mol. The van der Waals surface area contributed by atoms with Crippen molar-refractivity contribution in [1.82, 2.24) is 15.4 Å². The van der Waals surface area contributed by atoms with E-state index in [2.05, 4.69) is 20.5 Å². The lowest BCUT2D eigenvalue weighted by Gasteiger charge is -2.06. The molecule has 0 aliphatic heterocycles. The van der Waals surface area contributed by atoms with Crippen LogP contribution in [0.15, 0.2) is 90.0 Å². The van der Waals surface area contributed by atoms with E-state index in [9.17, 15) is 4.79 Å². The smallest absolute Gasteiger partial charge is 0.271 e. The number of hydrogen-bond acceptors (Lipinski definition) is 3. The van der Waals surface area contributed by atoms with Crippen LogP contribution in [-0.4, -0.2) is 21.6 Å². The van der Waals surface area contributed by atoms with Gasteiger partial charge in [0.2, 0.25) is 0 Å². The van der Waals surface area contributed by atoms with Crippen molar-refractivity contribution in [2.45, 2.75) is 6.42 Å². The summed E-state index contributed by atoms with van der Waals surface area (Å²) in [5, 5.41) is 4.39. The topological polar surface area (TPSA) is 70.1 Å². The van der Waals surface area contributed by atoms with Crippen molar-refractivity contribution in [1.29, 1.82) is 0 Å². The lowest BCUT2D eigenvalue weighted by Crippen LogP contribution is -2.21. The van der Waals surface area contributed by atoms with Gasteiger partial charge in [-0.2, -0.15) is 5.10 Å². The number of nitrogens with one attached hydrogen (secondary N) is 2. The molecule has 0 fully saturated rings. The van der Waals surface area contributed by atoms with E-state index in [1.807, 2.05) is 72.8 Å². The predicted molar refractivity (Wildman–Crippen MR) is 107 cm³/mol. The molecule has 0 unspecified atom stereocenters. The second-order valence-electron chi connectivity index (χ2n) is 6.11. The zero-order chi connectivity index (χ0) is 18.5. The number of H-pyrrole nitrogens is 1. The van der Waals surface area contributed by atoms with Crippen LogP contribution >= 0.6 is 0 Å². The number of nitrogens with zero attached hydrogens (tertiary/aromatic N) is 2. The van der Waals surface area contributed by atoms with Gasteiger partial charge in [0, 0.05) is 5.56 Å². The van der Waals surface area contributed by atoms with Crippen LogP contribution in [0.1, 0.15) is 21.7 Å². The first-order chi connectivity index (χ1) is 13.3. The van der Waals surface area contributed by atoms with Gasteiger partial charge >= 0.3 is 0 Å². The number of aromatic amines is 1. The number of benzene rings is 3. The molecule has 0 bridgehead atoms. The highest BCUT2D eigenvalue weighted by molar-refractivity contribution is 6.03. The molecule has 3 aromatic carbocycles. The standard InChI is InChI=1S/C22H18N4O/c27-22(17-11-5-2-6-12-17)26-25-20(16-9-3-1-4-10-16)15-21-23-18-13-7-8-14-19(18)24-21/h1-14H,15H2,(H,23,24)(H,26,27)/b25-20-. The Hall–Kier alpha value is -3.73. The maximum atomic E-state index is 12.3. The lowest BCUT2D eigenvalue weighted by atomic mass is 10.1. The molecule has 1 aromatic heterocycles. The van der Waals surface area contributed by atoms with Crippen LogP contribution in [0.25, 0.3) is 11.0 Å². The Balaban J connectivity index is 1.62. The number of fused-ring (bicyclic) bond motifs is 1. The highest BCUT2D eigenvalue weighted by atomic mass is 16.2. The third-order valence-corrected chi connectivity index (χ3v) is 4.21. The Labute approximate surface area is 156 Å². The molecule has 5 nitrogen and oxygen atoms in total. The molecule has 5 heteroatoms. The Morgan fingerprint density at radius 3 is 2.19 bits per heavy atom. The highest BCUT2D eigenvalue weighted by Gasteiger charge is 2.11. The van der Waals surface area contributed by atoms with Gasteiger partial charge in [0.1, 0.15) is 5.82 Å². The molecule has 0 spiro atoms. The zero-order valence-electron chi connectivity index (χ0n) is 14.6. The average molecular weight is 354 g/mol. The Morgan fingerprint density at radius 2 is 1.48 bits per heavy atom. The number of carbonyl (C=O) groups is 1. The van der Waals surface area contributed by atoms with E-state index in [1.165, 1.54) is 0 Å². The molecule has 1 heterocycles. The van der Waals surface area contributed by atoms with Crippen molar-refractivity contribution in [3.8, 4) is 0 Å². The van der Waals surface area contributed by atoms with Crippen LogP contribution in [0.2, 0.25) is 0 Å². The van der Waals surface area contributed by atoms with Crippen molar-refractivity contribution in [3.05, 3.63) is 102 Å². The van der Waals surface area contributed by atoms with Gasteiger partial charge in [0.25, 0.3) is 5.91 Å². The molecule has 132 valence electrons. The number of imidazole rings is 1. The van der Waals surface area contributed by atoms with Gasteiger partial charge in [0.15, 0.2) is 0 Å². The third-order valence-electron chi connectivity index (χ3n) is 4.21. The Bertz CT molecular complexity index is 1050. The first-order valence-corrected chi connectivity index (χ1v) is 8.70. The maximum Gasteiger partial charge on any atom is 0.271 e. The quantitative estimate of drug-likeness (QED) is 0.421. The number of aromatic nitrogens is 2. The van der Waals surface area contributed by atoms with Gasteiger partial charge in [-0.05, 0) is 29.8 Å². The van der Waals surface area contributed by atoms with Crippen molar-refractivity contribution in [2.75, 3.05) is 0 Å². The normalized spacial score (nSPS) is 11.5. The Kier molecular flexibility index (Phi) is 4.74. The number of hydrogen-bond donors (Lipinski definition) is 2. The predicted octanol–water partition coefficient (Wildman–Crippen LogP) is 3.94. The minimum Gasteiger partial charge on any atom is -0.342 e. The number of carbonyl (C=O) groups excluding carboxylic acids is 1. The summed E-state index contributed by atoms with van der Waals surface area (Å²) in [6, 6.07) is 26.7. The van der Waals surface area contributed by atoms with Crippen LogP contribution in [0.5, 0.6) is 0 Å². The molecular weight excluding hydrogens is 336 g/mol. The van der Waals surface area contributed by atoms with E-state index in [0.717, 1.165) is 28.1 Å². The molecule has 0 aliphatic carbocycles. The van der Waals surface area contributed by atoms with Crippen molar-refractivity contribution < 1.29 is 4.79 Å². The van der Waals surface area contributed by atoms with E-state index in [4.69, 9.17) is 0 Å². The van der Waals surface area contributed by atoms with Crippen LogP contribution < -0.4 is 5.43 Å².